The Balaban J connectivity index is 2.34. The monoisotopic (exact) mass is 158 g/mol. The van der Waals surface area contributed by atoms with Gasteiger partial charge in [0.25, 0.3) is 0 Å². The molecule has 0 aromatic rings. The maximum absolute atomic E-state index is 10.8. The molecule has 3 heteroatoms. The first-order valence-electron chi connectivity index (χ1n) is 3.46. The van der Waals surface area contributed by atoms with E-state index in [-0.39, 0.29) is 5.12 Å². The van der Waals surface area contributed by atoms with Gasteiger partial charge in [-0.1, -0.05) is 11.8 Å². The molecule has 0 aromatic heterocycles. The molecule has 1 saturated heterocycles. The van der Waals surface area contributed by atoms with Gasteiger partial charge in [-0.25, -0.2) is 0 Å². The van der Waals surface area contributed by atoms with Gasteiger partial charge in [-0.15, -0.1) is 0 Å². The molecular weight excluding hydrogens is 148 g/mol. The highest BCUT2D eigenvalue weighted by Gasteiger charge is 2.10. The van der Waals surface area contributed by atoms with Crippen LogP contribution < -0.4 is 0 Å². The lowest BCUT2D eigenvalue weighted by atomic mass is 10.1. The van der Waals surface area contributed by atoms with E-state index in [0.717, 1.165) is 6.42 Å². The van der Waals surface area contributed by atoms with Crippen LogP contribution in [0.3, 0.4) is 0 Å². The lowest BCUT2D eigenvalue weighted by Gasteiger charge is -2.04. The average Bonchev–Trinajstić information content (AvgIpc) is 1.84. The topological polar surface area (TPSA) is 34.1 Å². The summed E-state index contributed by atoms with van der Waals surface area (Å²) in [5.74, 6) is 0.998. The first-order chi connectivity index (χ1) is 4.79. The second-order valence-electron chi connectivity index (χ2n) is 2.36. The highest BCUT2D eigenvalue weighted by atomic mass is 32.2. The van der Waals surface area contributed by atoms with Crippen LogP contribution in [0, 0.1) is 0 Å². The fourth-order valence-corrected chi connectivity index (χ4v) is 1.75. The molecule has 0 bridgehead atoms. The predicted molar refractivity (Wildman–Crippen MR) is 40.9 cm³/mol. The maximum atomic E-state index is 10.8. The van der Waals surface area contributed by atoms with Gasteiger partial charge in [0.2, 0.25) is 0 Å². The molecule has 0 amide bonds. The van der Waals surface area contributed by atoms with Crippen molar-refractivity contribution in [1.82, 2.24) is 0 Å². The van der Waals surface area contributed by atoms with E-state index in [1.54, 1.807) is 0 Å². The van der Waals surface area contributed by atoms with Gasteiger partial charge in [-0.3, -0.25) is 9.59 Å². The number of ketones is 1. The van der Waals surface area contributed by atoms with Gasteiger partial charge in [-0.05, 0) is 6.42 Å². The quantitative estimate of drug-likeness (QED) is 0.534. The minimum Gasteiger partial charge on any atom is -0.300 e. The van der Waals surface area contributed by atoms with Crippen LogP contribution in [0.15, 0.2) is 0 Å². The largest absolute Gasteiger partial charge is 0.300 e. The molecule has 0 radical (unpaired) electrons. The van der Waals surface area contributed by atoms with Crippen LogP contribution in [-0.2, 0) is 9.59 Å². The molecule has 0 aromatic carbocycles. The van der Waals surface area contributed by atoms with E-state index in [1.165, 1.54) is 11.8 Å². The van der Waals surface area contributed by atoms with Gasteiger partial charge in [-0.2, -0.15) is 0 Å². The highest BCUT2D eigenvalue weighted by molar-refractivity contribution is 8.13. The van der Waals surface area contributed by atoms with Gasteiger partial charge in [0.1, 0.15) is 5.78 Å². The molecule has 1 aliphatic rings. The number of thioether (sulfide) groups is 1. The summed E-state index contributed by atoms with van der Waals surface area (Å²) in [6.45, 7) is 0. The minimum atomic E-state index is 0.243. The third-order valence-corrected chi connectivity index (χ3v) is 2.41. The van der Waals surface area contributed by atoms with Gasteiger partial charge >= 0.3 is 0 Å². The molecule has 1 fully saturated rings. The standard InChI is InChI=1S/C7H10O2S/c8-6-2-1-3-7(9)10-5-4-6/h1-5H2. The van der Waals surface area contributed by atoms with Crippen LogP contribution in [0.2, 0.25) is 0 Å². The maximum Gasteiger partial charge on any atom is 0.188 e. The van der Waals surface area contributed by atoms with Crippen molar-refractivity contribution in [2.45, 2.75) is 25.7 Å². The van der Waals surface area contributed by atoms with Crippen molar-refractivity contribution in [3.05, 3.63) is 0 Å². The highest BCUT2D eigenvalue weighted by Crippen LogP contribution is 2.15. The van der Waals surface area contributed by atoms with Gasteiger partial charge in [0, 0.05) is 25.0 Å². The van der Waals surface area contributed by atoms with Gasteiger partial charge < -0.3 is 0 Å². The van der Waals surface area contributed by atoms with E-state index in [1.807, 2.05) is 0 Å². The van der Waals surface area contributed by atoms with Crippen LogP contribution in [0.1, 0.15) is 25.7 Å². The van der Waals surface area contributed by atoms with Crippen LogP contribution in [0.5, 0.6) is 0 Å². The van der Waals surface area contributed by atoms with Crippen molar-refractivity contribution in [2.75, 3.05) is 5.75 Å². The van der Waals surface area contributed by atoms with E-state index in [2.05, 4.69) is 0 Å². The number of carbonyl (C=O) groups is 2. The number of hydrogen-bond donors (Lipinski definition) is 0. The first kappa shape index (κ1) is 7.79. The molecule has 0 unspecified atom stereocenters. The third-order valence-electron chi connectivity index (χ3n) is 1.48. The summed E-state index contributed by atoms with van der Waals surface area (Å²) in [5.41, 5.74) is 0. The van der Waals surface area contributed by atoms with Gasteiger partial charge in [0.15, 0.2) is 5.12 Å². The second-order valence-corrected chi connectivity index (χ2v) is 3.51. The zero-order chi connectivity index (χ0) is 7.40. The summed E-state index contributed by atoms with van der Waals surface area (Å²) in [6, 6.07) is 0. The van der Waals surface area contributed by atoms with Crippen molar-refractivity contribution >= 4 is 22.7 Å². The van der Waals surface area contributed by atoms with Crippen molar-refractivity contribution in [3.63, 3.8) is 0 Å². The summed E-state index contributed by atoms with van der Waals surface area (Å²) in [5, 5.41) is 0.243. The van der Waals surface area contributed by atoms with Crippen molar-refractivity contribution < 1.29 is 9.59 Å². The summed E-state index contributed by atoms with van der Waals surface area (Å²) in [4.78, 5) is 21.6. The predicted octanol–water partition coefficient (Wildman–Crippen LogP) is 1.39. The smallest absolute Gasteiger partial charge is 0.188 e. The molecule has 10 heavy (non-hydrogen) atoms. The molecular formula is C7H10O2S. The SMILES string of the molecule is O=C1CCCC(=O)SCC1. The molecule has 0 saturated carbocycles. The Hall–Kier alpha value is -0.310. The number of rotatable bonds is 0. The normalized spacial score (nSPS) is 22.0. The second kappa shape index (κ2) is 3.76. The van der Waals surface area contributed by atoms with E-state index < -0.39 is 0 Å². The molecule has 0 spiro atoms. The number of hydrogen-bond acceptors (Lipinski definition) is 3. The van der Waals surface area contributed by atoms with Crippen molar-refractivity contribution in [2.24, 2.45) is 0 Å². The fourth-order valence-electron chi connectivity index (χ4n) is 0.906. The molecule has 0 N–H and O–H groups in total. The molecule has 56 valence electrons. The van der Waals surface area contributed by atoms with Crippen LogP contribution in [-0.4, -0.2) is 16.7 Å². The fraction of sp³-hybridized carbons (Fsp3) is 0.714. The van der Waals surface area contributed by atoms with Crippen molar-refractivity contribution in [3.8, 4) is 0 Å². The van der Waals surface area contributed by atoms with E-state index in [9.17, 15) is 9.59 Å². The van der Waals surface area contributed by atoms with E-state index in [4.69, 9.17) is 0 Å². The van der Waals surface area contributed by atoms with E-state index in [0.29, 0.717) is 30.8 Å². The van der Waals surface area contributed by atoms with Crippen LogP contribution in [0.25, 0.3) is 0 Å². The van der Waals surface area contributed by atoms with Crippen LogP contribution in [0.4, 0.5) is 0 Å². The Morgan fingerprint density at radius 1 is 1.10 bits per heavy atom. The molecule has 2 nitrogen and oxygen atoms in total. The lowest BCUT2D eigenvalue weighted by molar-refractivity contribution is -0.119. The molecule has 1 aliphatic heterocycles. The Kier molecular flexibility index (Phi) is 2.93. The Morgan fingerprint density at radius 2 is 1.90 bits per heavy atom. The number of carbonyl (C=O) groups excluding carboxylic acids is 2. The molecule has 0 atom stereocenters. The van der Waals surface area contributed by atoms with Gasteiger partial charge in [0.05, 0.1) is 0 Å². The lowest BCUT2D eigenvalue weighted by Crippen LogP contribution is -2.06. The average molecular weight is 158 g/mol. The minimum absolute atomic E-state index is 0.243. The first-order valence-corrected chi connectivity index (χ1v) is 4.45. The summed E-state index contributed by atoms with van der Waals surface area (Å²) < 4.78 is 0. The van der Waals surface area contributed by atoms with Crippen LogP contribution >= 0.6 is 11.8 Å². The summed E-state index contributed by atoms with van der Waals surface area (Å²) in [7, 11) is 0. The summed E-state index contributed by atoms with van der Waals surface area (Å²) in [6.07, 6.45) is 2.52. The van der Waals surface area contributed by atoms with E-state index >= 15 is 0 Å². The molecule has 1 heterocycles. The molecule has 1 rings (SSSR count). The summed E-state index contributed by atoms with van der Waals surface area (Å²) >= 11 is 1.30. The third kappa shape index (κ3) is 2.52. The Morgan fingerprint density at radius 3 is 2.70 bits per heavy atom. The van der Waals surface area contributed by atoms with Crippen molar-refractivity contribution in [1.29, 1.82) is 0 Å². The molecule has 0 aliphatic carbocycles. The Labute approximate surface area is 64.4 Å². The Bertz CT molecular complexity index is 124. The zero-order valence-electron chi connectivity index (χ0n) is 5.76. The zero-order valence-corrected chi connectivity index (χ0v) is 6.58. The number of Topliss-reactive ketones (excluding diaryl/α,β-unsaturated/α-hetero) is 1.